The van der Waals surface area contributed by atoms with Crippen LogP contribution in [0.5, 0.6) is 0 Å². The molecule has 2 aromatic rings. The fourth-order valence-corrected chi connectivity index (χ4v) is 2.64. The molecule has 0 aliphatic rings. The van der Waals surface area contributed by atoms with Crippen LogP contribution < -0.4 is 5.73 Å². The highest BCUT2D eigenvalue weighted by Gasteiger charge is 2.32. The number of nitrogens with two attached hydrogens (primary N) is 1. The summed E-state index contributed by atoms with van der Waals surface area (Å²) < 4.78 is 0. The molecule has 0 aliphatic carbocycles. The van der Waals surface area contributed by atoms with Gasteiger partial charge in [0.05, 0.1) is 6.61 Å². The number of fused-ring (bicyclic) bond motifs is 1. The van der Waals surface area contributed by atoms with Crippen LogP contribution in [0.2, 0.25) is 0 Å². The van der Waals surface area contributed by atoms with Crippen LogP contribution in [0.4, 0.5) is 0 Å². The molecular formula is C17H23NO. The molecule has 102 valence electrons. The van der Waals surface area contributed by atoms with E-state index in [1.165, 1.54) is 16.3 Å². The number of aliphatic hydroxyl groups is 1. The third-order valence-electron chi connectivity index (χ3n) is 4.37. The van der Waals surface area contributed by atoms with Crippen LogP contribution in [-0.4, -0.2) is 18.3 Å². The third kappa shape index (κ3) is 2.65. The summed E-state index contributed by atoms with van der Waals surface area (Å²) >= 11 is 0. The van der Waals surface area contributed by atoms with E-state index >= 15 is 0 Å². The van der Waals surface area contributed by atoms with Gasteiger partial charge in [-0.15, -0.1) is 0 Å². The van der Waals surface area contributed by atoms with Crippen molar-refractivity contribution < 1.29 is 5.11 Å². The van der Waals surface area contributed by atoms with Crippen molar-refractivity contribution in [1.29, 1.82) is 0 Å². The minimum atomic E-state index is -0.232. The number of hydrogen-bond donors (Lipinski definition) is 2. The topological polar surface area (TPSA) is 46.2 Å². The largest absolute Gasteiger partial charge is 0.396 e. The van der Waals surface area contributed by atoms with Crippen LogP contribution in [0.15, 0.2) is 42.5 Å². The molecule has 0 spiro atoms. The average molecular weight is 257 g/mol. The first-order valence-corrected chi connectivity index (χ1v) is 6.90. The van der Waals surface area contributed by atoms with Gasteiger partial charge in [-0.25, -0.2) is 0 Å². The second-order valence-electron chi connectivity index (χ2n) is 5.69. The van der Waals surface area contributed by atoms with E-state index in [0.717, 1.165) is 6.42 Å². The highest BCUT2D eigenvalue weighted by Crippen LogP contribution is 2.32. The Morgan fingerprint density at radius 1 is 1.11 bits per heavy atom. The van der Waals surface area contributed by atoms with Gasteiger partial charge >= 0.3 is 0 Å². The van der Waals surface area contributed by atoms with Gasteiger partial charge in [-0.2, -0.15) is 0 Å². The highest BCUT2D eigenvalue weighted by atomic mass is 16.3. The Kier molecular flexibility index (Phi) is 4.23. The molecule has 1 atom stereocenters. The molecule has 0 bridgehead atoms. The molecule has 0 fully saturated rings. The number of aliphatic hydroxyl groups excluding tert-OH is 1. The number of rotatable bonds is 5. The fraction of sp³-hybridized carbons (Fsp3) is 0.412. The maximum atomic E-state index is 9.80. The Balaban J connectivity index is 2.45. The van der Waals surface area contributed by atoms with Crippen LogP contribution in [-0.2, 0) is 6.42 Å². The van der Waals surface area contributed by atoms with Gasteiger partial charge in [0.15, 0.2) is 0 Å². The van der Waals surface area contributed by atoms with E-state index in [2.05, 4.69) is 56.3 Å². The van der Waals surface area contributed by atoms with E-state index in [1.807, 2.05) is 0 Å². The first-order chi connectivity index (χ1) is 9.13. The summed E-state index contributed by atoms with van der Waals surface area (Å²) in [6, 6.07) is 14.7. The van der Waals surface area contributed by atoms with Crippen molar-refractivity contribution in [3.8, 4) is 0 Å². The van der Waals surface area contributed by atoms with Gasteiger partial charge in [-0.05, 0) is 28.7 Å². The number of benzene rings is 2. The highest BCUT2D eigenvalue weighted by molar-refractivity contribution is 5.85. The molecule has 19 heavy (non-hydrogen) atoms. The molecule has 0 amide bonds. The Morgan fingerprint density at radius 2 is 1.79 bits per heavy atom. The monoisotopic (exact) mass is 257 g/mol. The second kappa shape index (κ2) is 5.72. The average Bonchev–Trinajstić information content (AvgIpc) is 2.44. The van der Waals surface area contributed by atoms with Crippen LogP contribution in [0.1, 0.15) is 19.4 Å². The summed E-state index contributed by atoms with van der Waals surface area (Å²) in [7, 11) is 0. The normalized spacial score (nSPS) is 14.8. The molecule has 2 aromatic carbocycles. The standard InChI is InChI=1S/C17H23NO/c1-13(2)17(11-18,12-19)10-15-8-5-7-14-6-3-4-9-16(14)15/h3-9,13,19H,10-12,18H2,1-2H3. The predicted molar refractivity (Wildman–Crippen MR) is 81.1 cm³/mol. The molecule has 0 saturated carbocycles. The van der Waals surface area contributed by atoms with Crippen molar-refractivity contribution in [2.75, 3.05) is 13.2 Å². The summed E-state index contributed by atoms with van der Waals surface area (Å²) in [4.78, 5) is 0. The van der Waals surface area contributed by atoms with Gasteiger partial charge in [0, 0.05) is 12.0 Å². The van der Waals surface area contributed by atoms with E-state index in [-0.39, 0.29) is 12.0 Å². The molecule has 2 heteroatoms. The molecule has 2 nitrogen and oxygen atoms in total. The molecular weight excluding hydrogens is 234 g/mol. The van der Waals surface area contributed by atoms with E-state index in [9.17, 15) is 5.11 Å². The van der Waals surface area contributed by atoms with Gasteiger partial charge < -0.3 is 10.8 Å². The predicted octanol–water partition coefficient (Wildman–Crippen LogP) is 2.98. The first-order valence-electron chi connectivity index (χ1n) is 6.90. The maximum absolute atomic E-state index is 9.80. The van der Waals surface area contributed by atoms with Crippen LogP contribution in [0, 0.1) is 11.3 Å². The zero-order valence-corrected chi connectivity index (χ0v) is 11.8. The molecule has 0 aromatic heterocycles. The van der Waals surface area contributed by atoms with Crippen molar-refractivity contribution in [1.82, 2.24) is 0 Å². The van der Waals surface area contributed by atoms with E-state index in [0.29, 0.717) is 12.5 Å². The molecule has 0 saturated heterocycles. The summed E-state index contributed by atoms with van der Waals surface area (Å²) in [5.74, 6) is 0.349. The molecule has 0 aliphatic heterocycles. The molecule has 0 heterocycles. The van der Waals surface area contributed by atoms with Crippen molar-refractivity contribution in [2.24, 2.45) is 17.1 Å². The lowest BCUT2D eigenvalue weighted by molar-refractivity contribution is 0.0846. The smallest absolute Gasteiger partial charge is 0.0505 e. The Bertz CT molecular complexity index is 538. The Labute approximate surface area is 115 Å². The SMILES string of the molecule is CC(C)C(CN)(CO)Cc1cccc2ccccc12. The maximum Gasteiger partial charge on any atom is 0.0505 e. The van der Waals surface area contributed by atoms with Crippen molar-refractivity contribution in [3.63, 3.8) is 0 Å². The Hall–Kier alpha value is -1.38. The van der Waals surface area contributed by atoms with Gasteiger partial charge in [0.25, 0.3) is 0 Å². The third-order valence-corrected chi connectivity index (χ3v) is 4.37. The van der Waals surface area contributed by atoms with E-state index in [4.69, 9.17) is 5.73 Å². The van der Waals surface area contributed by atoms with Gasteiger partial charge in [0.1, 0.15) is 0 Å². The lowest BCUT2D eigenvalue weighted by Gasteiger charge is -2.35. The molecule has 0 radical (unpaired) electrons. The molecule has 2 rings (SSSR count). The van der Waals surface area contributed by atoms with Gasteiger partial charge in [0.2, 0.25) is 0 Å². The lowest BCUT2D eigenvalue weighted by Crippen LogP contribution is -2.41. The lowest BCUT2D eigenvalue weighted by atomic mass is 9.73. The Morgan fingerprint density at radius 3 is 2.42 bits per heavy atom. The van der Waals surface area contributed by atoms with Crippen molar-refractivity contribution in [3.05, 3.63) is 48.0 Å². The van der Waals surface area contributed by atoms with Gasteiger partial charge in [-0.1, -0.05) is 56.3 Å². The molecule has 3 N–H and O–H groups in total. The zero-order chi connectivity index (χ0) is 13.9. The van der Waals surface area contributed by atoms with Crippen LogP contribution in [0.3, 0.4) is 0 Å². The minimum absolute atomic E-state index is 0.129. The summed E-state index contributed by atoms with van der Waals surface area (Å²) in [5.41, 5.74) is 6.99. The molecule has 1 unspecified atom stereocenters. The number of hydrogen-bond acceptors (Lipinski definition) is 2. The van der Waals surface area contributed by atoms with Gasteiger partial charge in [-0.3, -0.25) is 0 Å². The first kappa shape index (κ1) is 14.0. The van der Waals surface area contributed by atoms with Crippen molar-refractivity contribution in [2.45, 2.75) is 20.3 Å². The summed E-state index contributed by atoms with van der Waals surface area (Å²) in [6.07, 6.45) is 0.818. The second-order valence-corrected chi connectivity index (χ2v) is 5.69. The van der Waals surface area contributed by atoms with Crippen molar-refractivity contribution >= 4 is 10.8 Å². The van der Waals surface area contributed by atoms with Crippen LogP contribution >= 0.6 is 0 Å². The fourth-order valence-electron chi connectivity index (χ4n) is 2.64. The summed E-state index contributed by atoms with van der Waals surface area (Å²) in [6.45, 7) is 4.90. The zero-order valence-electron chi connectivity index (χ0n) is 11.8. The van der Waals surface area contributed by atoms with E-state index < -0.39 is 0 Å². The van der Waals surface area contributed by atoms with Crippen LogP contribution in [0.25, 0.3) is 10.8 Å². The summed E-state index contributed by atoms with van der Waals surface area (Å²) in [5, 5.41) is 12.3. The minimum Gasteiger partial charge on any atom is -0.396 e. The quantitative estimate of drug-likeness (QED) is 0.865. The van der Waals surface area contributed by atoms with E-state index in [1.54, 1.807) is 0 Å².